The number of benzene rings is 1. The molecule has 5 nitrogen and oxygen atoms in total. The van der Waals surface area contributed by atoms with E-state index in [1.165, 1.54) is 13.2 Å². The maximum atomic E-state index is 12.9. The summed E-state index contributed by atoms with van der Waals surface area (Å²) in [6.07, 6.45) is -4.69. The molecule has 0 N–H and O–H groups in total. The van der Waals surface area contributed by atoms with Gasteiger partial charge in [0.1, 0.15) is 5.75 Å². The summed E-state index contributed by atoms with van der Waals surface area (Å²) in [6, 6.07) is 2.95. The van der Waals surface area contributed by atoms with Crippen LogP contribution in [0.15, 0.2) is 18.2 Å². The van der Waals surface area contributed by atoms with Crippen molar-refractivity contribution in [3.63, 3.8) is 0 Å². The van der Waals surface area contributed by atoms with Crippen LogP contribution in [-0.2, 0) is 20.0 Å². The maximum absolute atomic E-state index is 12.9. The molecule has 1 fully saturated rings. The van der Waals surface area contributed by atoms with Crippen LogP contribution >= 0.6 is 10.7 Å². The highest BCUT2D eigenvalue weighted by molar-refractivity contribution is 8.13. The molecule has 0 bridgehead atoms. The van der Waals surface area contributed by atoms with Crippen molar-refractivity contribution in [1.82, 2.24) is 0 Å². The molecule has 128 valence electrons. The van der Waals surface area contributed by atoms with E-state index >= 15 is 0 Å². The molecule has 10 heteroatoms. The summed E-state index contributed by atoms with van der Waals surface area (Å²) in [5, 5.41) is 0. The molecule has 1 heterocycles. The van der Waals surface area contributed by atoms with Crippen LogP contribution in [0, 0.1) is 5.92 Å². The van der Waals surface area contributed by atoms with Crippen molar-refractivity contribution in [1.29, 1.82) is 0 Å². The van der Waals surface area contributed by atoms with Crippen LogP contribution in [0.3, 0.4) is 0 Å². The minimum Gasteiger partial charge on any atom is -0.497 e. The van der Waals surface area contributed by atoms with Crippen molar-refractivity contribution in [3.05, 3.63) is 23.8 Å². The topological polar surface area (TPSA) is 63.7 Å². The van der Waals surface area contributed by atoms with Crippen molar-refractivity contribution in [2.24, 2.45) is 5.92 Å². The van der Waals surface area contributed by atoms with Crippen LogP contribution < -0.4 is 9.64 Å². The molecule has 1 aliphatic heterocycles. The zero-order valence-electron chi connectivity index (χ0n) is 11.9. The number of amides is 1. The maximum Gasteiger partial charge on any atom is 0.416 e. The third kappa shape index (κ3) is 4.51. The van der Waals surface area contributed by atoms with Crippen LogP contribution in [0.25, 0.3) is 0 Å². The molecule has 0 spiro atoms. The van der Waals surface area contributed by atoms with Crippen molar-refractivity contribution >= 4 is 31.3 Å². The Morgan fingerprint density at radius 2 is 2.00 bits per heavy atom. The van der Waals surface area contributed by atoms with Gasteiger partial charge >= 0.3 is 6.18 Å². The third-order valence-corrected chi connectivity index (χ3v) is 4.65. The fourth-order valence-corrected chi connectivity index (χ4v) is 3.77. The number of carbonyl (C=O) groups is 1. The van der Waals surface area contributed by atoms with Gasteiger partial charge in [-0.2, -0.15) is 13.2 Å². The van der Waals surface area contributed by atoms with Gasteiger partial charge in [0.05, 0.1) is 18.4 Å². The summed E-state index contributed by atoms with van der Waals surface area (Å²) in [4.78, 5) is 13.1. The molecule has 23 heavy (non-hydrogen) atoms. The first-order valence-corrected chi connectivity index (χ1v) is 8.96. The smallest absolute Gasteiger partial charge is 0.416 e. The Morgan fingerprint density at radius 3 is 2.52 bits per heavy atom. The van der Waals surface area contributed by atoms with Gasteiger partial charge in [-0.05, 0) is 12.1 Å². The van der Waals surface area contributed by atoms with Gasteiger partial charge in [-0.1, -0.05) is 0 Å². The van der Waals surface area contributed by atoms with E-state index in [0.29, 0.717) is 0 Å². The quantitative estimate of drug-likeness (QED) is 0.763. The molecular formula is C13H13ClF3NO4S. The molecule has 0 saturated carbocycles. The molecule has 1 unspecified atom stereocenters. The average molecular weight is 372 g/mol. The van der Waals surface area contributed by atoms with E-state index < -0.39 is 38.4 Å². The van der Waals surface area contributed by atoms with E-state index in [0.717, 1.165) is 17.0 Å². The van der Waals surface area contributed by atoms with Gasteiger partial charge in [-0.15, -0.1) is 0 Å². The van der Waals surface area contributed by atoms with Crippen molar-refractivity contribution < 1.29 is 31.1 Å². The van der Waals surface area contributed by atoms with Gasteiger partial charge in [0.25, 0.3) is 0 Å². The Kier molecular flexibility index (Phi) is 4.81. The fraction of sp³-hybridized carbons (Fsp3) is 0.462. The summed E-state index contributed by atoms with van der Waals surface area (Å²) in [6.45, 7) is -0.0186. The first kappa shape index (κ1) is 17.9. The summed E-state index contributed by atoms with van der Waals surface area (Å²) >= 11 is 0. The fourth-order valence-electron chi connectivity index (χ4n) is 2.44. The lowest BCUT2D eigenvalue weighted by Gasteiger charge is -2.19. The molecule has 1 aromatic carbocycles. The number of anilines is 1. The molecule has 2 rings (SSSR count). The molecule has 1 saturated heterocycles. The van der Waals surface area contributed by atoms with E-state index in [9.17, 15) is 26.4 Å². The first-order chi connectivity index (χ1) is 10.5. The van der Waals surface area contributed by atoms with Crippen LogP contribution in [0.4, 0.5) is 18.9 Å². The van der Waals surface area contributed by atoms with E-state index in [1.54, 1.807) is 0 Å². The second kappa shape index (κ2) is 6.20. The van der Waals surface area contributed by atoms with Crippen LogP contribution in [0.5, 0.6) is 5.75 Å². The monoisotopic (exact) mass is 371 g/mol. The number of carbonyl (C=O) groups excluding carboxylic acids is 1. The largest absolute Gasteiger partial charge is 0.497 e. The first-order valence-electron chi connectivity index (χ1n) is 6.48. The van der Waals surface area contributed by atoms with Gasteiger partial charge < -0.3 is 9.64 Å². The molecule has 1 aromatic rings. The van der Waals surface area contributed by atoms with Crippen LogP contribution in [0.2, 0.25) is 0 Å². The Hall–Kier alpha value is -1.48. The molecule has 1 aliphatic rings. The standard InChI is InChI=1S/C13H13ClF3NO4S/c1-22-11-4-9(13(15,16)17)3-10(5-11)18-6-8(2-12(18)19)7-23(14,20)21/h3-5,8H,2,6-7H2,1H3. The van der Waals surface area contributed by atoms with Crippen molar-refractivity contribution in [3.8, 4) is 5.75 Å². The predicted molar refractivity (Wildman–Crippen MR) is 78.1 cm³/mol. The lowest BCUT2D eigenvalue weighted by Crippen LogP contribution is -2.25. The van der Waals surface area contributed by atoms with E-state index in [-0.39, 0.29) is 24.4 Å². The summed E-state index contributed by atoms with van der Waals surface area (Å²) < 4.78 is 65.8. The molecule has 0 radical (unpaired) electrons. The Labute approximate surface area is 135 Å². The van der Waals surface area contributed by atoms with Crippen molar-refractivity contribution in [2.75, 3.05) is 24.3 Å². The van der Waals surface area contributed by atoms with E-state index in [4.69, 9.17) is 15.4 Å². The van der Waals surface area contributed by atoms with Gasteiger partial charge in [-0.25, -0.2) is 8.42 Å². The second-order valence-electron chi connectivity index (χ2n) is 5.20. The van der Waals surface area contributed by atoms with Gasteiger partial charge in [0, 0.05) is 41.3 Å². The molecule has 1 amide bonds. The van der Waals surface area contributed by atoms with E-state index in [1.807, 2.05) is 0 Å². The summed E-state index contributed by atoms with van der Waals surface area (Å²) in [5.41, 5.74) is -0.941. The number of hydrogen-bond acceptors (Lipinski definition) is 4. The summed E-state index contributed by atoms with van der Waals surface area (Å²) in [7, 11) is 2.59. The second-order valence-corrected chi connectivity index (χ2v) is 8.02. The lowest BCUT2D eigenvalue weighted by atomic mass is 10.1. The number of halogens is 4. The number of methoxy groups -OCH3 is 1. The highest BCUT2D eigenvalue weighted by Crippen LogP contribution is 2.37. The zero-order chi connectivity index (χ0) is 17.4. The van der Waals surface area contributed by atoms with Crippen LogP contribution in [0.1, 0.15) is 12.0 Å². The van der Waals surface area contributed by atoms with Gasteiger partial charge in [0.2, 0.25) is 15.0 Å². The lowest BCUT2D eigenvalue weighted by molar-refractivity contribution is -0.137. The van der Waals surface area contributed by atoms with Gasteiger partial charge in [-0.3, -0.25) is 4.79 Å². The predicted octanol–water partition coefficient (Wildman–Crippen LogP) is 2.64. The Bertz CT molecular complexity index is 720. The average Bonchev–Trinajstić information content (AvgIpc) is 2.75. The SMILES string of the molecule is COc1cc(N2CC(CS(=O)(=O)Cl)CC2=O)cc(C(F)(F)F)c1. The normalized spacial score (nSPS) is 19.3. The third-order valence-electron chi connectivity index (χ3n) is 3.41. The highest BCUT2D eigenvalue weighted by atomic mass is 35.7. The van der Waals surface area contributed by atoms with Crippen LogP contribution in [-0.4, -0.2) is 33.7 Å². The minimum atomic E-state index is -4.59. The molecule has 0 aromatic heterocycles. The molecular weight excluding hydrogens is 359 g/mol. The number of nitrogens with zero attached hydrogens (tertiary/aromatic N) is 1. The van der Waals surface area contributed by atoms with E-state index in [2.05, 4.69) is 0 Å². The number of rotatable bonds is 4. The zero-order valence-corrected chi connectivity index (χ0v) is 13.5. The Balaban J connectivity index is 2.33. The van der Waals surface area contributed by atoms with Crippen molar-refractivity contribution in [2.45, 2.75) is 12.6 Å². The molecule has 1 atom stereocenters. The number of alkyl halides is 3. The number of hydrogen-bond donors (Lipinski definition) is 0. The highest BCUT2D eigenvalue weighted by Gasteiger charge is 2.36. The summed E-state index contributed by atoms with van der Waals surface area (Å²) in [5.74, 6) is -1.48. The Morgan fingerprint density at radius 1 is 1.35 bits per heavy atom. The molecule has 0 aliphatic carbocycles. The van der Waals surface area contributed by atoms with Gasteiger partial charge in [0.15, 0.2) is 0 Å². The number of ether oxygens (including phenoxy) is 1. The minimum absolute atomic E-state index is 0.0103.